The van der Waals surface area contributed by atoms with Crippen LogP contribution in [0.1, 0.15) is 43.0 Å². The summed E-state index contributed by atoms with van der Waals surface area (Å²) in [6.07, 6.45) is -9.96. The van der Waals surface area contributed by atoms with Crippen LogP contribution in [0.5, 0.6) is 0 Å². The Bertz CT molecular complexity index is 1980. The van der Waals surface area contributed by atoms with Gasteiger partial charge in [-0.3, -0.25) is 14.4 Å². The van der Waals surface area contributed by atoms with E-state index in [-0.39, 0.29) is 38.8 Å². The molecule has 10 atom stereocenters. The molecule has 0 saturated carbocycles. The largest absolute Gasteiger partial charge is 0.465 e. The van der Waals surface area contributed by atoms with E-state index in [9.17, 15) is 14.4 Å². The maximum Gasteiger partial charge on any atom is 0.303 e. The molecule has 0 N–H and O–H groups in total. The number of carbonyl (C=O) groups is 3. The summed E-state index contributed by atoms with van der Waals surface area (Å²) >= 11 is 0. The SMILES string of the molecule is C=C1O[C@H](OC)[C@H](OC(C)=O)[C@@H](OC(C)=O)[C@H]1[C@H](OC(C)=O)[C@@H]1O[C@H](COCc2ccccc2)[C@@H](OCc2ccccc2)[C@H](OCc2ccccc2)[C@H]1OCc1ccccc1. The van der Waals surface area contributed by atoms with E-state index in [4.69, 9.17) is 47.4 Å². The van der Waals surface area contributed by atoms with E-state index < -0.39 is 78.9 Å². The molecule has 0 amide bonds. The van der Waals surface area contributed by atoms with E-state index in [1.807, 2.05) is 121 Å². The van der Waals surface area contributed by atoms with E-state index >= 15 is 0 Å². The first-order chi connectivity index (χ1) is 29.6. The summed E-state index contributed by atoms with van der Waals surface area (Å²) in [5, 5.41) is 0. The standard InChI is InChI=1S/C48H54O13/c1-31-40(43(59-33(3)50)47(60-34(4)51)48(52-5)57-31)42(58-32(2)49)46-45(56-29-38-24-16-9-17-25-38)44(55-28-37-22-14-8-15-23-37)41(54-27-36-20-12-7-13-21-36)39(61-46)30-53-26-35-18-10-6-11-19-35/h6-25,39-48H,1,26-30H2,2-5H3/t39-,40-,41-,42+,43+,44+,45-,46+,47-,48+/m1/s1. The lowest BCUT2D eigenvalue weighted by atomic mass is 9.80. The van der Waals surface area contributed by atoms with Crippen molar-refractivity contribution in [3.05, 3.63) is 156 Å². The fourth-order valence-corrected chi connectivity index (χ4v) is 7.66. The second kappa shape index (κ2) is 22.4. The maximum absolute atomic E-state index is 13.3. The topological polar surface area (TPSA) is 144 Å². The minimum atomic E-state index is -1.35. The van der Waals surface area contributed by atoms with Gasteiger partial charge in [-0.15, -0.1) is 0 Å². The second-order valence-electron chi connectivity index (χ2n) is 14.9. The molecule has 2 fully saturated rings. The molecule has 0 aromatic heterocycles. The lowest BCUT2D eigenvalue weighted by Gasteiger charge is -2.51. The van der Waals surface area contributed by atoms with Crippen molar-refractivity contribution in [1.82, 2.24) is 0 Å². The fraction of sp³-hybridized carbons (Fsp3) is 0.396. The quantitative estimate of drug-likeness (QED) is 0.0735. The van der Waals surface area contributed by atoms with Gasteiger partial charge >= 0.3 is 17.9 Å². The average Bonchev–Trinajstić information content (AvgIpc) is 3.26. The highest BCUT2D eigenvalue weighted by Crippen LogP contribution is 2.42. The van der Waals surface area contributed by atoms with Crippen molar-refractivity contribution in [3.63, 3.8) is 0 Å². The van der Waals surface area contributed by atoms with Crippen LogP contribution >= 0.6 is 0 Å². The molecule has 2 saturated heterocycles. The molecule has 0 spiro atoms. The Kier molecular flexibility index (Phi) is 16.6. The molecule has 13 heteroatoms. The predicted molar refractivity (Wildman–Crippen MR) is 221 cm³/mol. The molecule has 4 aromatic rings. The highest BCUT2D eigenvalue weighted by atomic mass is 16.7. The number of hydrogen-bond donors (Lipinski definition) is 0. The van der Waals surface area contributed by atoms with Crippen molar-refractivity contribution >= 4 is 17.9 Å². The molecule has 2 heterocycles. The Hall–Kier alpha value is -5.41. The number of ether oxygens (including phenoxy) is 10. The van der Waals surface area contributed by atoms with Gasteiger partial charge in [-0.05, 0) is 22.3 Å². The third-order valence-electron chi connectivity index (χ3n) is 10.3. The predicted octanol–water partition coefficient (Wildman–Crippen LogP) is 6.65. The van der Waals surface area contributed by atoms with Gasteiger partial charge in [-0.25, -0.2) is 0 Å². The van der Waals surface area contributed by atoms with Crippen LogP contribution in [0.25, 0.3) is 0 Å². The van der Waals surface area contributed by atoms with Gasteiger partial charge in [-0.2, -0.15) is 0 Å². The molecule has 61 heavy (non-hydrogen) atoms. The van der Waals surface area contributed by atoms with E-state index in [1.165, 1.54) is 27.9 Å². The zero-order valence-electron chi connectivity index (χ0n) is 34.9. The second-order valence-corrected chi connectivity index (χ2v) is 14.9. The Morgan fingerprint density at radius 1 is 0.574 bits per heavy atom. The van der Waals surface area contributed by atoms with E-state index in [0.29, 0.717) is 0 Å². The van der Waals surface area contributed by atoms with Crippen molar-refractivity contribution in [1.29, 1.82) is 0 Å². The van der Waals surface area contributed by atoms with Gasteiger partial charge in [0.25, 0.3) is 0 Å². The van der Waals surface area contributed by atoms with Gasteiger partial charge in [0.05, 0.1) is 39.0 Å². The Morgan fingerprint density at radius 3 is 1.48 bits per heavy atom. The molecule has 6 rings (SSSR count). The number of rotatable bonds is 19. The van der Waals surface area contributed by atoms with Gasteiger partial charge < -0.3 is 47.4 Å². The third-order valence-corrected chi connectivity index (χ3v) is 10.3. The fourth-order valence-electron chi connectivity index (χ4n) is 7.66. The summed E-state index contributed by atoms with van der Waals surface area (Å²) in [5.74, 6) is -3.24. The summed E-state index contributed by atoms with van der Waals surface area (Å²) < 4.78 is 63.5. The van der Waals surface area contributed by atoms with Gasteiger partial charge in [0.1, 0.15) is 42.4 Å². The molecular weight excluding hydrogens is 785 g/mol. The van der Waals surface area contributed by atoms with Crippen LogP contribution in [0.4, 0.5) is 0 Å². The van der Waals surface area contributed by atoms with Crippen LogP contribution in [0.15, 0.2) is 134 Å². The van der Waals surface area contributed by atoms with Crippen molar-refractivity contribution < 1.29 is 61.8 Å². The molecule has 2 aliphatic heterocycles. The van der Waals surface area contributed by atoms with Crippen LogP contribution in [0, 0.1) is 5.92 Å². The van der Waals surface area contributed by atoms with Crippen LogP contribution in [0.2, 0.25) is 0 Å². The van der Waals surface area contributed by atoms with Gasteiger partial charge in [0.15, 0.2) is 6.10 Å². The first-order valence-electron chi connectivity index (χ1n) is 20.2. The summed E-state index contributed by atoms with van der Waals surface area (Å²) in [7, 11) is 1.35. The molecule has 0 radical (unpaired) electrons. The molecule has 0 bridgehead atoms. The van der Waals surface area contributed by atoms with Crippen molar-refractivity contribution in [3.8, 4) is 0 Å². The molecule has 324 valence electrons. The van der Waals surface area contributed by atoms with Crippen LogP contribution in [0.3, 0.4) is 0 Å². The van der Waals surface area contributed by atoms with Crippen molar-refractivity contribution in [2.24, 2.45) is 5.92 Å². The summed E-state index contributed by atoms with van der Waals surface area (Å²) in [6, 6.07) is 38.7. The zero-order valence-corrected chi connectivity index (χ0v) is 34.9. The van der Waals surface area contributed by atoms with Gasteiger partial charge in [0, 0.05) is 27.9 Å². The molecular formula is C48H54O13. The Morgan fingerprint density at radius 2 is 1.02 bits per heavy atom. The van der Waals surface area contributed by atoms with Crippen LogP contribution in [-0.4, -0.2) is 86.7 Å². The summed E-state index contributed by atoms with van der Waals surface area (Å²) in [4.78, 5) is 38.6. The number of esters is 3. The van der Waals surface area contributed by atoms with Crippen LogP contribution in [-0.2, 0) is 88.2 Å². The first-order valence-corrected chi connectivity index (χ1v) is 20.2. The van der Waals surface area contributed by atoms with E-state index in [1.54, 1.807) is 0 Å². The molecule has 0 unspecified atom stereocenters. The highest BCUT2D eigenvalue weighted by molar-refractivity contribution is 5.68. The van der Waals surface area contributed by atoms with Gasteiger partial charge in [0.2, 0.25) is 12.4 Å². The summed E-state index contributed by atoms with van der Waals surface area (Å²) in [5.41, 5.74) is 3.60. The number of benzene rings is 4. The Labute approximate surface area is 356 Å². The molecule has 2 aliphatic rings. The van der Waals surface area contributed by atoms with Gasteiger partial charge in [-0.1, -0.05) is 128 Å². The highest BCUT2D eigenvalue weighted by Gasteiger charge is 2.59. The van der Waals surface area contributed by atoms with E-state index in [0.717, 1.165) is 22.3 Å². The Balaban J connectivity index is 1.48. The minimum Gasteiger partial charge on any atom is -0.465 e. The van der Waals surface area contributed by atoms with Crippen molar-refractivity contribution in [2.45, 2.75) is 102 Å². The summed E-state index contributed by atoms with van der Waals surface area (Å²) in [6.45, 7) is 8.59. The van der Waals surface area contributed by atoms with Crippen LogP contribution < -0.4 is 0 Å². The lowest BCUT2D eigenvalue weighted by Crippen LogP contribution is -2.67. The monoisotopic (exact) mass is 838 g/mol. The molecule has 4 aromatic carbocycles. The smallest absolute Gasteiger partial charge is 0.303 e. The normalized spacial score (nSPS) is 25.4. The average molecular weight is 839 g/mol. The van der Waals surface area contributed by atoms with Crippen molar-refractivity contribution in [2.75, 3.05) is 13.7 Å². The first kappa shape index (κ1) is 45.1. The number of methoxy groups -OCH3 is 1. The minimum absolute atomic E-state index is 0.0194. The van der Waals surface area contributed by atoms with E-state index in [2.05, 4.69) is 6.58 Å². The maximum atomic E-state index is 13.3. The molecule has 0 aliphatic carbocycles. The number of hydrogen-bond acceptors (Lipinski definition) is 13. The lowest BCUT2D eigenvalue weighted by molar-refractivity contribution is -0.302. The zero-order chi connectivity index (χ0) is 43.1. The number of carbonyl (C=O) groups excluding carboxylic acids is 3. The molecule has 13 nitrogen and oxygen atoms in total. The third kappa shape index (κ3) is 12.6.